The molecule has 1 aromatic heterocycles. The second-order valence-corrected chi connectivity index (χ2v) is 6.40. The van der Waals surface area contributed by atoms with Crippen molar-refractivity contribution in [2.24, 2.45) is 4.99 Å². The maximum absolute atomic E-state index is 12.6. The number of nitrogens with zero attached hydrogens (tertiary/aromatic N) is 4. The van der Waals surface area contributed by atoms with Gasteiger partial charge in [0.15, 0.2) is 0 Å². The van der Waals surface area contributed by atoms with Gasteiger partial charge < -0.3 is 20.3 Å². The fourth-order valence-electron chi connectivity index (χ4n) is 2.94. The van der Waals surface area contributed by atoms with Crippen LogP contribution in [-0.2, 0) is 0 Å². The third-order valence-corrected chi connectivity index (χ3v) is 4.36. The van der Waals surface area contributed by atoms with Crippen molar-refractivity contribution in [2.75, 3.05) is 29.2 Å². The van der Waals surface area contributed by atoms with Crippen molar-refractivity contribution in [2.45, 2.75) is 0 Å². The fourth-order valence-corrected chi connectivity index (χ4v) is 2.94. The Morgan fingerprint density at radius 3 is 2.80 bits per heavy atom. The minimum atomic E-state index is -0.250. The predicted octanol–water partition coefficient (Wildman–Crippen LogP) is 3.84. The fraction of sp³-hybridized carbons (Fsp3) is 0.0909. The number of aliphatic imine (C=N–C) groups is 1. The van der Waals surface area contributed by atoms with Crippen molar-refractivity contribution in [1.29, 1.82) is 0 Å². The van der Waals surface area contributed by atoms with Crippen LogP contribution in [0.2, 0.25) is 0 Å². The molecule has 8 nitrogen and oxygen atoms in total. The minimum absolute atomic E-state index is 0.250. The molecule has 0 fully saturated rings. The Bertz CT molecular complexity index is 1110. The van der Waals surface area contributed by atoms with Crippen molar-refractivity contribution in [3.8, 4) is 5.75 Å². The molecule has 2 heterocycles. The Kier molecular flexibility index (Phi) is 5.66. The summed E-state index contributed by atoms with van der Waals surface area (Å²) in [6, 6.07) is 16.2. The second-order valence-electron chi connectivity index (χ2n) is 6.40. The van der Waals surface area contributed by atoms with Gasteiger partial charge in [0.1, 0.15) is 11.6 Å². The molecule has 1 amide bonds. The largest absolute Gasteiger partial charge is 0.496 e. The number of hydrogen-bond acceptors (Lipinski definition) is 7. The Balaban J connectivity index is 1.48. The molecule has 0 spiro atoms. The first kappa shape index (κ1) is 19.1. The molecule has 4 rings (SSSR count). The lowest BCUT2D eigenvalue weighted by Gasteiger charge is -2.18. The summed E-state index contributed by atoms with van der Waals surface area (Å²) >= 11 is 0. The Hall–Kier alpha value is -4.20. The van der Waals surface area contributed by atoms with E-state index in [0.717, 1.165) is 11.5 Å². The molecule has 0 saturated heterocycles. The van der Waals surface area contributed by atoms with Crippen LogP contribution in [0, 0.1) is 0 Å². The molecule has 1 aliphatic rings. The number of anilines is 4. The first-order chi connectivity index (χ1) is 14.7. The standard InChI is InChI=1S/C22H20N6O2/c1-30-19-9-3-2-8-18(19)21(29)25-16-6-4-7-17(14-16)26-22-24-12-10-20(27-22)28-13-5-11-23-15-28/h2-12,14-15H,13H2,1H3,(H,25,29)(H,24,26,27). The van der Waals surface area contributed by atoms with Crippen LogP contribution in [0.5, 0.6) is 5.75 Å². The van der Waals surface area contributed by atoms with Gasteiger partial charge in [0, 0.05) is 30.3 Å². The van der Waals surface area contributed by atoms with Crippen LogP contribution < -0.4 is 20.3 Å². The molecular weight excluding hydrogens is 380 g/mol. The summed E-state index contributed by atoms with van der Waals surface area (Å²) in [7, 11) is 1.54. The maximum Gasteiger partial charge on any atom is 0.259 e. The highest BCUT2D eigenvalue weighted by Gasteiger charge is 2.12. The van der Waals surface area contributed by atoms with Crippen LogP contribution in [0.4, 0.5) is 23.1 Å². The van der Waals surface area contributed by atoms with Gasteiger partial charge in [0.2, 0.25) is 5.95 Å². The van der Waals surface area contributed by atoms with E-state index >= 15 is 0 Å². The van der Waals surface area contributed by atoms with E-state index in [-0.39, 0.29) is 5.91 Å². The number of methoxy groups -OCH3 is 1. The molecule has 8 heteroatoms. The van der Waals surface area contributed by atoms with Gasteiger partial charge in [-0.15, -0.1) is 0 Å². The number of carbonyl (C=O) groups excluding carboxylic acids is 1. The Labute approximate surface area is 174 Å². The Morgan fingerprint density at radius 2 is 1.97 bits per heavy atom. The average molecular weight is 400 g/mol. The molecule has 0 radical (unpaired) electrons. The number of carbonyl (C=O) groups is 1. The highest BCUT2D eigenvalue weighted by Crippen LogP contribution is 2.22. The van der Waals surface area contributed by atoms with E-state index in [2.05, 4.69) is 25.6 Å². The van der Waals surface area contributed by atoms with Crippen molar-refractivity contribution >= 4 is 35.4 Å². The maximum atomic E-state index is 12.6. The van der Waals surface area contributed by atoms with Gasteiger partial charge in [-0.25, -0.2) is 9.98 Å². The predicted molar refractivity (Wildman–Crippen MR) is 118 cm³/mol. The second kappa shape index (κ2) is 8.87. The van der Waals surface area contributed by atoms with Crippen LogP contribution in [-0.4, -0.2) is 35.9 Å². The van der Waals surface area contributed by atoms with Gasteiger partial charge in [-0.3, -0.25) is 4.79 Å². The van der Waals surface area contributed by atoms with Gasteiger partial charge in [-0.05, 0) is 42.5 Å². The normalized spacial score (nSPS) is 12.5. The lowest BCUT2D eigenvalue weighted by Crippen LogP contribution is -2.24. The van der Waals surface area contributed by atoms with Gasteiger partial charge in [-0.2, -0.15) is 4.98 Å². The molecule has 0 saturated carbocycles. The molecule has 3 aromatic rings. The van der Waals surface area contributed by atoms with E-state index in [1.807, 2.05) is 47.4 Å². The van der Waals surface area contributed by atoms with E-state index in [4.69, 9.17) is 4.74 Å². The van der Waals surface area contributed by atoms with E-state index < -0.39 is 0 Å². The molecule has 0 atom stereocenters. The smallest absolute Gasteiger partial charge is 0.259 e. The topological polar surface area (TPSA) is 91.7 Å². The first-order valence-electron chi connectivity index (χ1n) is 9.32. The van der Waals surface area contributed by atoms with Crippen LogP contribution in [0.25, 0.3) is 0 Å². The SMILES string of the molecule is COc1ccccc1C(=O)Nc1cccc(Nc2nccc(N3C=NC=CC3)n2)c1. The molecule has 0 bridgehead atoms. The molecule has 150 valence electrons. The van der Waals surface area contributed by atoms with Gasteiger partial charge >= 0.3 is 0 Å². The highest BCUT2D eigenvalue weighted by molar-refractivity contribution is 6.06. The summed E-state index contributed by atoms with van der Waals surface area (Å²) in [6.45, 7) is 0.699. The number of rotatable bonds is 6. The lowest BCUT2D eigenvalue weighted by molar-refractivity contribution is 0.102. The number of para-hydroxylation sites is 1. The lowest BCUT2D eigenvalue weighted by atomic mass is 10.2. The van der Waals surface area contributed by atoms with Crippen molar-refractivity contribution < 1.29 is 9.53 Å². The van der Waals surface area contributed by atoms with Crippen molar-refractivity contribution in [3.63, 3.8) is 0 Å². The van der Waals surface area contributed by atoms with Crippen LogP contribution in [0.3, 0.4) is 0 Å². The van der Waals surface area contributed by atoms with Crippen molar-refractivity contribution in [1.82, 2.24) is 9.97 Å². The van der Waals surface area contributed by atoms with Gasteiger partial charge in [0.25, 0.3) is 5.91 Å². The minimum Gasteiger partial charge on any atom is -0.496 e. The van der Waals surface area contributed by atoms with Crippen LogP contribution in [0.1, 0.15) is 10.4 Å². The first-order valence-corrected chi connectivity index (χ1v) is 9.32. The molecule has 0 unspecified atom stereocenters. The van der Waals surface area contributed by atoms with Gasteiger partial charge in [0.05, 0.1) is 19.0 Å². The molecule has 2 aromatic carbocycles. The van der Waals surface area contributed by atoms with Gasteiger partial charge in [-0.1, -0.05) is 18.2 Å². The third-order valence-electron chi connectivity index (χ3n) is 4.36. The molecular formula is C22H20N6O2. The summed E-state index contributed by atoms with van der Waals surface area (Å²) in [5.74, 6) is 1.45. The number of nitrogens with one attached hydrogen (secondary N) is 2. The molecule has 30 heavy (non-hydrogen) atoms. The quantitative estimate of drug-likeness (QED) is 0.653. The summed E-state index contributed by atoms with van der Waals surface area (Å²) < 4.78 is 5.26. The van der Waals surface area contributed by atoms with E-state index in [1.54, 1.807) is 36.9 Å². The molecule has 0 aliphatic carbocycles. The van der Waals surface area contributed by atoms with E-state index in [0.29, 0.717) is 29.5 Å². The van der Waals surface area contributed by atoms with Crippen molar-refractivity contribution in [3.05, 3.63) is 78.6 Å². The summed E-state index contributed by atoms with van der Waals surface area (Å²) in [5.41, 5.74) is 1.85. The zero-order valence-electron chi connectivity index (χ0n) is 16.3. The third kappa shape index (κ3) is 4.44. The Morgan fingerprint density at radius 1 is 1.10 bits per heavy atom. The number of benzene rings is 2. The van der Waals surface area contributed by atoms with Crippen LogP contribution >= 0.6 is 0 Å². The average Bonchev–Trinajstić information content (AvgIpc) is 2.80. The zero-order chi connectivity index (χ0) is 20.8. The number of aromatic nitrogens is 2. The monoisotopic (exact) mass is 400 g/mol. The van der Waals surface area contributed by atoms with E-state index in [1.165, 1.54) is 7.11 Å². The van der Waals surface area contributed by atoms with E-state index in [9.17, 15) is 4.79 Å². The molecule has 1 aliphatic heterocycles. The highest BCUT2D eigenvalue weighted by atomic mass is 16.5. The number of amides is 1. The summed E-state index contributed by atoms with van der Waals surface area (Å²) in [5, 5.41) is 6.06. The summed E-state index contributed by atoms with van der Waals surface area (Å²) in [6.07, 6.45) is 7.11. The van der Waals surface area contributed by atoms with Crippen LogP contribution in [0.15, 0.2) is 78.1 Å². The number of ether oxygens (including phenoxy) is 1. The molecule has 2 N–H and O–H groups in total. The zero-order valence-corrected chi connectivity index (χ0v) is 16.3. The number of hydrogen-bond donors (Lipinski definition) is 2. The summed E-state index contributed by atoms with van der Waals surface area (Å²) in [4.78, 5) is 27.5.